The maximum Gasteiger partial charge on any atom is 0.387 e. The topological polar surface area (TPSA) is 24.5 Å². The molecule has 1 aromatic carbocycles. The number of halogens is 4. The number of piperazine rings is 1. The van der Waals surface area contributed by atoms with E-state index in [0.29, 0.717) is 18.3 Å². The van der Waals surface area contributed by atoms with Gasteiger partial charge in [-0.3, -0.25) is 0 Å². The van der Waals surface area contributed by atoms with Gasteiger partial charge in [0.2, 0.25) is 0 Å². The second-order valence-electron chi connectivity index (χ2n) is 7.23. The lowest BCUT2D eigenvalue weighted by Crippen LogP contribution is -2.67. The number of hydrogen-bond acceptors (Lipinski definition) is 3. The Labute approximate surface area is 145 Å². The Balaban J connectivity index is 1.94. The number of ether oxygens (including phenoxy) is 1. The van der Waals surface area contributed by atoms with E-state index in [4.69, 9.17) is 11.6 Å². The molecular formula is C17H22ClF3N2O. The number of fused-ring (bicyclic) bond motifs is 1. The normalized spacial score (nSPS) is 26.4. The third-order valence-corrected chi connectivity index (χ3v) is 5.07. The van der Waals surface area contributed by atoms with Crippen LogP contribution in [0.3, 0.4) is 0 Å². The van der Waals surface area contributed by atoms with Crippen LogP contribution in [0.5, 0.6) is 5.75 Å². The molecule has 2 fully saturated rings. The summed E-state index contributed by atoms with van der Waals surface area (Å²) in [5.41, 5.74) is 0.491. The molecule has 0 unspecified atom stereocenters. The molecule has 1 N–H and O–H groups in total. The molecule has 1 aliphatic heterocycles. The van der Waals surface area contributed by atoms with Gasteiger partial charge in [0.05, 0.1) is 5.02 Å². The zero-order chi connectivity index (χ0) is 17.5. The van der Waals surface area contributed by atoms with Crippen LogP contribution in [0.4, 0.5) is 18.9 Å². The van der Waals surface area contributed by atoms with Crippen molar-refractivity contribution in [2.75, 3.05) is 11.4 Å². The summed E-state index contributed by atoms with van der Waals surface area (Å²) in [7, 11) is 0. The average Bonchev–Trinajstić information content (AvgIpc) is 2.48. The molecule has 0 spiro atoms. The minimum absolute atomic E-state index is 0.125. The molecule has 2 atom stereocenters. The van der Waals surface area contributed by atoms with E-state index < -0.39 is 18.2 Å². The van der Waals surface area contributed by atoms with E-state index in [-0.39, 0.29) is 16.6 Å². The summed E-state index contributed by atoms with van der Waals surface area (Å²) in [5, 5.41) is 3.54. The van der Waals surface area contributed by atoms with Crippen molar-refractivity contribution in [1.82, 2.24) is 5.32 Å². The molecule has 24 heavy (non-hydrogen) atoms. The van der Waals surface area contributed by atoms with Crippen LogP contribution < -0.4 is 15.0 Å². The van der Waals surface area contributed by atoms with Crippen LogP contribution in [-0.4, -0.2) is 30.8 Å². The standard InChI is InChI=1S/C17H22ClF3N2O/c1-17(2)9-23(14-6-4-3-5-13(14)22-17)10-7-11(18)15(12(19)8-10)24-16(20)21/h7-8,13-14,16,22H,3-6,9H2,1-2H3/t13-,14-/m1/s1. The Kier molecular flexibility index (Phi) is 4.89. The summed E-state index contributed by atoms with van der Waals surface area (Å²) < 4.78 is 43.2. The van der Waals surface area contributed by atoms with E-state index in [1.807, 2.05) is 0 Å². The van der Waals surface area contributed by atoms with Crippen LogP contribution in [0.2, 0.25) is 5.02 Å². The van der Waals surface area contributed by atoms with Crippen LogP contribution in [0, 0.1) is 5.82 Å². The first-order valence-electron chi connectivity index (χ1n) is 8.25. The van der Waals surface area contributed by atoms with Gasteiger partial charge in [-0.2, -0.15) is 8.78 Å². The molecule has 0 radical (unpaired) electrons. The SMILES string of the molecule is CC1(C)CN(c2cc(F)c(OC(F)F)c(Cl)c2)[C@@H]2CCCC[C@H]2N1. The fourth-order valence-corrected chi connectivity index (χ4v) is 4.19. The molecule has 1 saturated heterocycles. The first kappa shape index (κ1) is 17.7. The van der Waals surface area contributed by atoms with Crippen LogP contribution >= 0.6 is 11.6 Å². The van der Waals surface area contributed by atoms with E-state index in [2.05, 4.69) is 28.8 Å². The van der Waals surface area contributed by atoms with Gasteiger partial charge in [-0.1, -0.05) is 24.4 Å². The van der Waals surface area contributed by atoms with Gasteiger partial charge < -0.3 is 15.0 Å². The first-order chi connectivity index (χ1) is 11.3. The van der Waals surface area contributed by atoms with Gasteiger partial charge in [0.15, 0.2) is 11.6 Å². The summed E-state index contributed by atoms with van der Waals surface area (Å²) in [5.74, 6) is -1.45. The molecular weight excluding hydrogens is 341 g/mol. The van der Waals surface area contributed by atoms with Gasteiger partial charge >= 0.3 is 6.61 Å². The summed E-state index contributed by atoms with van der Waals surface area (Å²) in [6.45, 7) is 1.80. The average molecular weight is 363 g/mol. The third kappa shape index (κ3) is 3.59. The lowest BCUT2D eigenvalue weighted by Gasteiger charge is -2.52. The minimum Gasteiger partial charge on any atom is -0.430 e. The van der Waals surface area contributed by atoms with Gasteiger partial charge in [0.1, 0.15) is 0 Å². The number of benzene rings is 1. The fourth-order valence-electron chi connectivity index (χ4n) is 3.94. The van der Waals surface area contributed by atoms with Crippen LogP contribution in [0.1, 0.15) is 39.5 Å². The molecule has 2 aliphatic rings. The Morgan fingerprint density at radius 1 is 1.29 bits per heavy atom. The van der Waals surface area contributed by atoms with Crippen molar-refractivity contribution in [1.29, 1.82) is 0 Å². The molecule has 1 aliphatic carbocycles. The predicted octanol–water partition coefficient (Wildman–Crippen LogP) is 4.58. The monoisotopic (exact) mass is 362 g/mol. The molecule has 3 nitrogen and oxygen atoms in total. The Hall–Kier alpha value is -1.14. The second kappa shape index (κ2) is 6.64. The van der Waals surface area contributed by atoms with Crippen molar-refractivity contribution < 1.29 is 17.9 Å². The Bertz CT molecular complexity index is 588. The third-order valence-electron chi connectivity index (χ3n) is 4.79. The Morgan fingerprint density at radius 2 is 2.00 bits per heavy atom. The number of rotatable bonds is 3. The van der Waals surface area contributed by atoms with E-state index >= 15 is 0 Å². The maximum absolute atomic E-state index is 14.3. The van der Waals surface area contributed by atoms with E-state index in [9.17, 15) is 13.2 Å². The molecule has 0 aromatic heterocycles. The van der Waals surface area contributed by atoms with Crippen molar-refractivity contribution in [3.05, 3.63) is 23.0 Å². The largest absolute Gasteiger partial charge is 0.430 e. The van der Waals surface area contributed by atoms with Crippen molar-refractivity contribution >= 4 is 17.3 Å². The lowest BCUT2D eigenvalue weighted by atomic mass is 9.83. The van der Waals surface area contributed by atoms with Gasteiger partial charge in [0, 0.05) is 35.9 Å². The highest BCUT2D eigenvalue weighted by Crippen LogP contribution is 2.38. The smallest absolute Gasteiger partial charge is 0.387 e. The number of nitrogens with zero attached hydrogens (tertiary/aromatic N) is 1. The molecule has 1 saturated carbocycles. The minimum atomic E-state index is -3.11. The van der Waals surface area contributed by atoms with Crippen LogP contribution in [-0.2, 0) is 0 Å². The summed E-state index contributed by atoms with van der Waals surface area (Å²) in [6, 6.07) is 3.36. The van der Waals surface area contributed by atoms with Gasteiger partial charge in [-0.25, -0.2) is 4.39 Å². The quantitative estimate of drug-likeness (QED) is 0.851. The van der Waals surface area contributed by atoms with Gasteiger partial charge in [0.25, 0.3) is 0 Å². The second-order valence-corrected chi connectivity index (χ2v) is 7.64. The van der Waals surface area contributed by atoms with E-state index in [1.165, 1.54) is 18.6 Å². The number of alkyl halides is 2. The van der Waals surface area contributed by atoms with Gasteiger partial charge in [-0.15, -0.1) is 0 Å². The molecule has 0 bridgehead atoms. The molecule has 3 rings (SSSR count). The van der Waals surface area contributed by atoms with E-state index in [1.54, 1.807) is 0 Å². The maximum atomic E-state index is 14.3. The van der Waals surface area contributed by atoms with E-state index in [0.717, 1.165) is 19.3 Å². The van der Waals surface area contributed by atoms with Crippen LogP contribution in [0.25, 0.3) is 0 Å². The fraction of sp³-hybridized carbons (Fsp3) is 0.647. The van der Waals surface area contributed by atoms with Crippen molar-refractivity contribution in [3.8, 4) is 5.75 Å². The molecule has 1 heterocycles. The molecule has 134 valence electrons. The highest BCUT2D eigenvalue weighted by Gasteiger charge is 2.40. The first-order valence-corrected chi connectivity index (χ1v) is 8.63. The summed E-state index contributed by atoms with van der Waals surface area (Å²) >= 11 is 6.00. The lowest BCUT2D eigenvalue weighted by molar-refractivity contribution is -0.0521. The Morgan fingerprint density at radius 3 is 2.67 bits per heavy atom. The zero-order valence-corrected chi connectivity index (χ0v) is 14.5. The highest BCUT2D eigenvalue weighted by molar-refractivity contribution is 6.32. The van der Waals surface area contributed by atoms with Crippen molar-refractivity contribution in [2.24, 2.45) is 0 Å². The molecule has 1 aromatic rings. The summed E-state index contributed by atoms with van der Waals surface area (Å²) in [6.07, 6.45) is 4.40. The number of hydrogen-bond donors (Lipinski definition) is 1. The predicted molar refractivity (Wildman–Crippen MR) is 88.6 cm³/mol. The zero-order valence-electron chi connectivity index (χ0n) is 13.8. The molecule has 7 heteroatoms. The highest BCUT2D eigenvalue weighted by atomic mass is 35.5. The van der Waals surface area contributed by atoms with Crippen LogP contribution in [0.15, 0.2) is 12.1 Å². The van der Waals surface area contributed by atoms with Gasteiger partial charge in [-0.05, 0) is 32.8 Å². The molecule has 0 amide bonds. The number of nitrogens with one attached hydrogen (secondary N) is 1. The van der Waals surface area contributed by atoms with Crippen molar-refractivity contribution in [3.63, 3.8) is 0 Å². The van der Waals surface area contributed by atoms with Crippen molar-refractivity contribution in [2.45, 2.75) is 63.8 Å². The number of anilines is 1. The summed E-state index contributed by atoms with van der Waals surface area (Å²) in [4.78, 5) is 2.15.